The summed E-state index contributed by atoms with van der Waals surface area (Å²) in [6.45, 7) is 8.78. The molecule has 0 bridgehead atoms. The SMILES string of the molecule is CCC(=Cc1ccc(OC)cc1C)C1N=C(C)CSC1C. The Bertz CT molecular complexity index is 562. The van der Waals surface area contributed by atoms with E-state index >= 15 is 0 Å². The Morgan fingerprint density at radius 1 is 1.43 bits per heavy atom. The van der Waals surface area contributed by atoms with Gasteiger partial charge in [-0.15, -0.1) is 0 Å². The van der Waals surface area contributed by atoms with E-state index in [9.17, 15) is 0 Å². The number of benzene rings is 1. The molecule has 2 rings (SSSR count). The number of ether oxygens (including phenoxy) is 1. The lowest BCUT2D eigenvalue weighted by atomic mass is 9.97. The Kier molecular flexibility index (Phi) is 5.51. The van der Waals surface area contributed by atoms with Gasteiger partial charge >= 0.3 is 0 Å². The summed E-state index contributed by atoms with van der Waals surface area (Å²) >= 11 is 2.01. The Morgan fingerprint density at radius 3 is 2.81 bits per heavy atom. The third-order valence-corrected chi connectivity index (χ3v) is 5.33. The molecule has 0 spiro atoms. The molecule has 2 unspecified atom stereocenters. The molecule has 114 valence electrons. The van der Waals surface area contributed by atoms with Crippen LogP contribution in [0.3, 0.4) is 0 Å². The fourth-order valence-electron chi connectivity index (χ4n) is 2.64. The lowest BCUT2D eigenvalue weighted by Crippen LogP contribution is -2.27. The van der Waals surface area contributed by atoms with Gasteiger partial charge in [0.25, 0.3) is 0 Å². The first-order chi connectivity index (χ1) is 10.0. The van der Waals surface area contributed by atoms with Crippen LogP contribution in [0.1, 0.15) is 38.3 Å². The van der Waals surface area contributed by atoms with Gasteiger partial charge in [0.1, 0.15) is 5.75 Å². The molecule has 1 aliphatic rings. The summed E-state index contributed by atoms with van der Waals surface area (Å²) in [4.78, 5) is 4.90. The molecule has 0 saturated heterocycles. The minimum atomic E-state index is 0.315. The predicted molar refractivity (Wildman–Crippen MR) is 94.8 cm³/mol. The topological polar surface area (TPSA) is 21.6 Å². The van der Waals surface area contributed by atoms with Crippen molar-refractivity contribution in [1.29, 1.82) is 0 Å². The number of thioether (sulfide) groups is 1. The summed E-state index contributed by atoms with van der Waals surface area (Å²) in [6, 6.07) is 6.57. The number of aryl methyl sites for hydroxylation is 1. The molecule has 2 nitrogen and oxygen atoms in total. The van der Waals surface area contributed by atoms with E-state index in [0.29, 0.717) is 11.3 Å². The first-order valence-corrected chi connectivity index (χ1v) is 8.60. The second-order valence-corrected chi connectivity index (χ2v) is 6.99. The predicted octanol–water partition coefficient (Wildman–Crippen LogP) is 4.76. The number of hydrogen-bond acceptors (Lipinski definition) is 3. The van der Waals surface area contributed by atoms with Crippen LogP contribution in [0.2, 0.25) is 0 Å². The number of nitrogens with zero attached hydrogens (tertiary/aromatic N) is 1. The van der Waals surface area contributed by atoms with E-state index in [1.165, 1.54) is 22.4 Å². The zero-order valence-corrected chi connectivity index (χ0v) is 14.5. The fourth-order valence-corrected chi connectivity index (χ4v) is 3.64. The fraction of sp³-hybridized carbons (Fsp3) is 0.500. The van der Waals surface area contributed by atoms with Crippen LogP contribution < -0.4 is 4.74 Å². The van der Waals surface area contributed by atoms with Gasteiger partial charge < -0.3 is 4.74 Å². The Balaban J connectivity index is 2.34. The maximum absolute atomic E-state index is 5.28. The van der Waals surface area contributed by atoms with E-state index in [2.05, 4.69) is 45.9 Å². The monoisotopic (exact) mass is 303 g/mol. The summed E-state index contributed by atoms with van der Waals surface area (Å²) in [5.74, 6) is 1.98. The quantitative estimate of drug-likeness (QED) is 0.799. The average Bonchev–Trinajstić information content (AvgIpc) is 2.48. The van der Waals surface area contributed by atoms with Crippen LogP contribution in [-0.4, -0.2) is 29.9 Å². The Morgan fingerprint density at radius 2 is 2.19 bits per heavy atom. The largest absolute Gasteiger partial charge is 0.497 e. The molecule has 1 aromatic carbocycles. The summed E-state index contributed by atoms with van der Waals surface area (Å²) in [7, 11) is 1.71. The van der Waals surface area contributed by atoms with Crippen LogP contribution in [0, 0.1) is 6.92 Å². The van der Waals surface area contributed by atoms with Crippen molar-refractivity contribution in [3.8, 4) is 5.75 Å². The smallest absolute Gasteiger partial charge is 0.119 e. The second kappa shape index (κ2) is 7.17. The number of rotatable bonds is 4. The molecule has 0 radical (unpaired) electrons. The van der Waals surface area contributed by atoms with Crippen LogP contribution in [0.25, 0.3) is 6.08 Å². The Hall–Kier alpha value is -1.22. The number of aliphatic imine (C=N–C) groups is 1. The third kappa shape index (κ3) is 3.91. The van der Waals surface area contributed by atoms with Gasteiger partial charge in [0.05, 0.1) is 13.2 Å². The van der Waals surface area contributed by atoms with Crippen molar-refractivity contribution < 1.29 is 4.74 Å². The van der Waals surface area contributed by atoms with Crippen LogP contribution >= 0.6 is 11.8 Å². The molecule has 1 aliphatic heterocycles. The van der Waals surface area contributed by atoms with Crippen LogP contribution in [-0.2, 0) is 0 Å². The van der Waals surface area contributed by atoms with E-state index < -0.39 is 0 Å². The summed E-state index contributed by atoms with van der Waals surface area (Å²) in [6.07, 6.45) is 3.36. The van der Waals surface area contributed by atoms with Crippen LogP contribution in [0.4, 0.5) is 0 Å². The zero-order chi connectivity index (χ0) is 15.4. The highest BCUT2D eigenvalue weighted by atomic mass is 32.2. The lowest BCUT2D eigenvalue weighted by Gasteiger charge is -2.27. The molecular weight excluding hydrogens is 278 g/mol. The summed E-state index contributed by atoms with van der Waals surface area (Å²) < 4.78 is 5.28. The molecule has 1 aromatic rings. The molecule has 3 heteroatoms. The first-order valence-electron chi connectivity index (χ1n) is 7.55. The van der Waals surface area contributed by atoms with Crippen LogP contribution in [0.5, 0.6) is 5.75 Å². The second-order valence-electron chi connectivity index (χ2n) is 5.62. The first kappa shape index (κ1) is 16.2. The summed E-state index contributed by atoms with van der Waals surface area (Å²) in [5.41, 5.74) is 5.19. The van der Waals surface area contributed by atoms with E-state index in [0.717, 1.165) is 17.9 Å². The molecule has 0 amide bonds. The van der Waals surface area contributed by atoms with Gasteiger partial charge in [-0.3, -0.25) is 4.99 Å². The summed E-state index contributed by atoms with van der Waals surface area (Å²) in [5, 5.41) is 0.554. The van der Waals surface area contributed by atoms with Gasteiger partial charge in [-0.1, -0.05) is 26.0 Å². The standard InChI is InChI=1S/C18H25NOS/c1-6-15(18-14(4)21-11-13(3)19-18)10-16-7-8-17(20-5)9-12(16)2/h7-10,14,18H,6,11H2,1-5H3. The minimum absolute atomic E-state index is 0.315. The molecule has 2 atom stereocenters. The number of hydrogen-bond donors (Lipinski definition) is 0. The third-order valence-electron chi connectivity index (χ3n) is 3.97. The lowest BCUT2D eigenvalue weighted by molar-refractivity contribution is 0.414. The molecule has 0 aromatic heterocycles. The molecule has 0 aliphatic carbocycles. The highest BCUT2D eigenvalue weighted by Gasteiger charge is 2.24. The van der Waals surface area contributed by atoms with E-state index in [1.807, 2.05) is 17.8 Å². The molecular formula is C18H25NOS. The normalized spacial score (nSPS) is 22.9. The van der Waals surface area contributed by atoms with Crippen molar-refractivity contribution in [2.45, 2.75) is 45.4 Å². The zero-order valence-electron chi connectivity index (χ0n) is 13.6. The highest BCUT2D eigenvalue weighted by Crippen LogP contribution is 2.30. The van der Waals surface area contributed by atoms with E-state index in [1.54, 1.807) is 7.11 Å². The van der Waals surface area contributed by atoms with Crippen molar-refractivity contribution in [2.24, 2.45) is 4.99 Å². The van der Waals surface area contributed by atoms with Crippen molar-refractivity contribution in [1.82, 2.24) is 0 Å². The van der Waals surface area contributed by atoms with Gasteiger partial charge in [-0.05, 0) is 49.1 Å². The molecule has 0 N–H and O–H groups in total. The molecule has 0 fully saturated rings. The minimum Gasteiger partial charge on any atom is -0.497 e. The van der Waals surface area contributed by atoms with Gasteiger partial charge in [0, 0.05) is 16.7 Å². The number of methoxy groups -OCH3 is 1. The van der Waals surface area contributed by atoms with Gasteiger partial charge in [-0.25, -0.2) is 0 Å². The highest BCUT2D eigenvalue weighted by molar-refractivity contribution is 8.00. The Labute approximate surface area is 132 Å². The molecule has 21 heavy (non-hydrogen) atoms. The van der Waals surface area contributed by atoms with Crippen molar-refractivity contribution in [3.63, 3.8) is 0 Å². The maximum atomic E-state index is 5.28. The van der Waals surface area contributed by atoms with Crippen molar-refractivity contribution in [3.05, 3.63) is 34.9 Å². The van der Waals surface area contributed by atoms with Crippen LogP contribution in [0.15, 0.2) is 28.8 Å². The maximum Gasteiger partial charge on any atom is 0.119 e. The average molecular weight is 303 g/mol. The molecule has 0 saturated carbocycles. The van der Waals surface area contributed by atoms with Gasteiger partial charge in [0.2, 0.25) is 0 Å². The van der Waals surface area contributed by atoms with Crippen molar-refractivity contribution >= 4 is 23.5 Å². The van der Waals surface area contributed by atoms with E-state index in [4.69, 9.17) is 9.73 Å². The van der Waals surface area contributed by atoms with Gasteiger partial charge in [-0.2, -0.15) is 11.8 Å². The van der Waals surface area contributed by atoms with Gasteiger partial charge in [0.15, 0.2) is 0 Å². The van der Waals surface area contributed by atoms with E-state index in [-0.39, 0.29) is 0 Å². The molecule has 1 heterocycles. The van der Waals surface area contributed by atoms with Crippen molar-refractivity contribution in [2.75, 3.05) is 12.9 Å².